The molecule has 2 aromatic rings. The van der Waals surface area contributed by atoms with Crippen molar-refractivity contribution < 1.29 is 13.5 Å². The lowest BCUT2D eigenvalue weighted by molar-refractivity contribution is 0.134. The lowest BCUT2D eigenvalue weighted by Gasteiger charge is -2.34. The summed E-state index contributed by atoms with van der Waals surface area (Å²) < 4.78 is 30.8. The van der Waals surface area contributed by atoms with Gasteiger partial charge in [-0.15, -0.1) is 24.8 Å². The van der Waals surface area contributed by atoms with E-state index in [-0.39, 0.29) is 37.2 Å². The minimum absolute atomic E-state index is 0. The van der Waals surface area contributed by atoms with Gasteiger partial charge in [-0.3, -0.25) is 0 Å². The van der Waals surface area contributed by atoms with Crippen LogP contribution in [0, 0.1) is 5.82 Å². The van der Waals surface area contributed by atoms with Gasteiger partial charge in [-0.1, -0.05) is 30.3 Å². The Bertz CT molecular complexity index is 695. The quantitative estimate of drug-likeness (QED) is 0.566. The summed E-state index contributed by atoms with van der Waals surface area (Å²) in [5.74, 6) is 0.622. The molecule has 0 atom stereocenters. The number of hydrogen-bond donors (Lipinski definition) is 0. The molecular weight excluding hydrogens is 417 g/mol. The molecule has 0 aromatic heterocycles. The van der Waals surface area contributed by atoms with Crippen LogP contribution in [0.5, 0.6) is 5.75 Å². The maximum absolute atomic E-state index is 13.0. The SMILES string of the molecule is Cl.Cl.FCCOc1ccccc1CCN1CCN(CCc2ccc(F)cc2)CC1. The minimum Gasteiger partial charge on any atom is -0.491 e. The predicted molar refractivity (Wildman–Crippen MR) is 119 cm³/mol. The summed E-state index contributed by atoms with van der Waals surface area (Å²) in [6.45, 7) is 5.87. The fourth-order valence-electron chi connectivity index (χ4n) is 3.45. The van der Waals surface area contributed by atoms with Crippen molar-refractivity contribution in [1.82, 2.24) is 9.80 Å². The van der Waals surface area contributed by atoms with E-state index in [0.29, 0.717) is 0 Å². The Hall–Kier alpha value is -1.40. The molecule has 1 fully saturated rings. The molecule has 0 spiro atoms. The maximum Gasteiger partial charge on any atom is 0.123 e. The molecule has 0 bridgehead atoms. The van der Waals surface area contributed by atoms with Crippen LogP contribution in [0.2, 0.25) is 0 Å². The van der Waals surface area contributed by atoms with Gasteiger partial charge in [0, 0.05) is 39.3 Å². The highest BCUT2D eigenvalue weighted by Gasteiger charge is 2.17. The molecule has 29 heavy (non-hydrogen) atoms. The smallest absolute Gasteiger partial charge is 0.123 e. The third-order valence-electron chi connectivity index (χ3n) is 5.10. The van der Waals surface area contributed by atoms with Gasteiger partial charge in [-0.2, -0.15) is 0 Å². The van der Waals surface area contributed by atoms with Crippen molar-refractivity contribution in [3.8, 4) is 5.75 Å². The number of alkyl halides is 1. The standard InChI is InChI=1S/C22H28F2N2O.2ClH/c23-11-18-27-22-4-2-1-3-20(22)10-13-26-16-14-25(15-17-26)12-9-19-5-7-21(24)8-6-19;;/h1-8H,9-18H2;2*1H. The fraction of sp³-hybridized carbons (Fsp3) is 0.455. The summed E-state index contributed by atoms with van der Waals surface area (Å²) >= 11 is 0. The number of benzene rings is 2. The summed E-state index contributed by atoms with van der Waals surface area (Å²) in [6, 6.07) is 14.7. The van der Waals surface area contributed by atoms with Crippen LogP contribution in [-0.4, -0.2) is 62.3 Å². The molecule has 0 N–H and O–H groups in total. The van der Waals surface area contributed by atoms with Gasteiger partial charge >= 0.3 is 0 Å². The van der Waals surface area contributed by atoms with Crippen molar-refractivity contribution in [2.24, 2.45) is 0 Å². The molecule has 0 radical (unpaired) electrons. The summed E-state index contributed by atoms with van der Waals surface area (Å²) in [5.41, 5.74) is 2.33. The van der Waals surface area contributed by atoms with Crippen LogP contribution in [0.15, 0.2) is 48.5 Å². The normalized spacial score (nSPS) is 14.7. The second-order valence-corrected chi connectivity index (χ2v) is 6.95. The van der Waals surface area contributed by atoms with Crippen LogP contribution < -0.4 is 4.74 Å². The number of hydrogen-bond acceptors (Lipinski definition) is 3. The van der Waals surface area contributed by atoms with Gasteiger partial charge < -0.3 is 14.5 Å². The first-order valence-electron chi connectivity index (χ1n) is 9.70. The van der Waals surface area contributed by atoms with Crippen LogP contribution in [0.1, 0.15) is 11.1 Å². The van der Waals surface area contributed by atoms with E-state index < -0.39 is 6.67 Å². The van der Waals surface area contributed by atoms with Gasteiger partial charge in [0.15, 0.2) is 0 Å². The minimum atomic E-state index is -0.464. The number of nitrogens with zero attached hydrogens (tertiary/aromatic N) is 2. The van der Waals surface area contributed by atoms with Crippen molar-refractivity contribution in [1.29, 1.82) is 0 Å². The molecule has 1 aliphatic rings. The predicted octanol–water partition coefficient (Wildman–Crippen LogP) is 4.42. The molecule has 1 saturated heterocycles. The molecule has 1 aliphatic heterocycles. The molecule has 0 unspecified atom stereocenters. The first kappa shape index (κ1) is 25.6. The van der Waals surface area contributed by atoms with Crippen molar-refractivity contribution in [2.75, 3.05) is 52.6 Å². The van der Waals surface area contributed by atoms with Crippen molar-refractivity contribution in [3.63, 3.8) is 0 Å². The van der Waals surface area contributed by atoms with Crippen LogP contribution in [0.25, 0.3) is 0 Å². The monoisotopic (exact) mass is 446 g/mol. The second kappa shape index (κ2) is 13.8. The highest BCUT2D eigenvalue weighted by molar-refractivity contribution is 5.85. The number of rotatable bonds is 9. The first-order valence-corrected chi connectivity index (χ1v) is 9.70. The number of para-hydroxylation sites is 1. The highest BCUT2D eigenvalue weighted by atomic mass is 35.5. The van der Waals surface area contributed by atoms with E-state index >= 15 is 0 Å². The Morgan fingerprint density at radius 1 is 0.793 bits per heavy atom. The summed E-state index contributed by atoms with van der Waals surface area (Å²) in [5, 5.41) is 0. The van der Waals surface area contributed by atoms with Gasteiger partial charge in [0.1, 0.15) is 24.8 Å². The Kier molecular flexibility index (Phi) is 12.2. The van der Waals surface area contributed by atoms with Gasteiger partial charge in [-0.25, -0.2) is 8.78 Å². The fourth-order valence-corrected chi connectivity index (χ4v) is 3.45. The van der Waals surface area contributed by atoms with Crippen LogP contribution in [-0.2, 0) is 12.8 Å². The number of halogens is 4. The third kappa shape index (κ3) is 8.47. The van der Waals surface area contributed by atoms with Gasteiger partial charge in [-0.05, 0) is 42.2 Å². The van der Waals surface area contributed by atoms with Gasteiger partial charge in [0.2, 0.25) is 0 Å². The third-order valence-corrected chi connectivity index (χ3v) is 5.10. The average molecular weight is 447 g/mol. The molecule has 3 nitrogen and oxygen atoms in total. The van der Waals surface area contributed by atoms with Gasteiger partial charge in [0.25, 0.3) is 0 Å². The van der Waals surface area contributed by atoms with Crippen LogP contribution in [0.3, 0.4) is 0 Å². The summed E-state index contributed by atoms with van der Waals surface area (Å²) in [4.78, 5) is 4.94. The Morgan fingerprint density at radius 3 is 2.00 bits per heavy atom. The zero-order valence-corrected chi connectivity index (χ0v) is 18.2. The molecule has 1 heterocycles. The maximum atomic E-state index is 13.0. The van der Waals surface area contributed by atoms with Crippen LogP contribution in [0.4, 0.5) is 8.78 Å². The summed E-state index contributed by atoms with van der Waals surface area (Å²) in [6.07, 6.45) is 1.87. The lowest BCUT2D eigenvalue weighted by atomic mass is 10.1. The largest absolute Gasteiger partial charge is 0.491 e. The van der Waals surface area contributed by atoms with Gasteiger partial charge in [0.05, 0.1) is 0 Å². The van der Waals surface area contributed by atoms with Crippen molar-refractivity contribution in [2.45, 2.75) is 12.8 Å². The van der Waals surface area contributed by atoms with E-state index in [4.69, 9.17) is 4.74 Å². The topological polar surface area (TPSA) is 15.7 Å². The highest BCUT2D eigenvalue weighted by Crippen LogP contribution is 2.19. The van der Waals surface area contributed by atoms with Crippen molar-refractivity contribution in [3.05, 3.63) is 65.5 Å². The second-order valence-electron chi connectivity index (χ2n) is 6.95. The Balaban J connectivity index is 0.00000210. The van der Waals surface area contributed by atoms with E-state index in [1.54, 1.807) is 0 Å². The first-order chi connectivity index (χ1) is 13.2. The Morgan fingerprint density at radius 2 is 1.38 bits per heavy atom. The molecule has 162 valence electrons. The zero-order valence-electron chi connectivity index (χ0n) is 16.6. The number of piperazine rings is 1. The van der Waals surface area contributed by atoms with E-state index in [9.17, 15) is 8.78 Å². The van der Waals surface area contributed by atoms with E-state index in [0.717, 1.165) is 63.4 Å². The zero-order chi connectivity index (χ0) is 18.9. The molecule has 0 amide bonds. The molecule has 7 heteroatoms. The lowest BCUT2D eigenvalue weighted by Crippen LogP contribution is -2.47. The molecule has 3 rings (SSSR count). The average Bonchev–Trinajstić information content (AvgIpc) is 2.71. The molecule has 0 aliphatic carbocycles. The number of ether oxygens (including phenoxy) is 1. The van der Waals surface area contributed by atoms with E-state index in [1.807, 2.05) is 30.3 Å². The van der Waals surface area contributed by atoms with Crippen LogP contribution >= 0.6 is 24.8 Å². The molecule has 0 saturated carbocycles. The summed E-state index contributed by atoms with van der Waals surface area (Å²) in [7, 11) is 0. The van der Waals surface area contributed by atoms with E-state index in [1.165, 1.54) is 17.7 Å². The van der Waals surface area contributed by atoms with Crippen molar-refractivity contribution >= 4 is 24.8 Å². The Labute approximate surface area is 184 Å². The molecule has 2 aromatic carbocycles. The molecular formula is C22H30Cl2F2N2O. The van der Waals surface area contributed by atoms with E-state index in [2.05, 4.69) is 15.9 Å².